The maximum Gasteiger partial charge on any atom is 0.270 e. The van der Waals surface area contributed by atoms with Crippen LogP contribution in [0.15, 0.2) is 52.5 Å². The second-order valence-electron chi connectivity index (χ2n) is 4.37. The number of halogens is 1. The predicted molar refractivity (Wildman–Crippen MR) is 82.1 cm³/mol. The molecular formula is C13H11FN4O4S. The lowest BCUT2D eigenvalue weighted by molar-refractivity contribution is -0.385. The average molecular weight is 338 g/mol. The van der Waals surface area contributed by atoms with Crippen molar-refractivity contribution in [3.63, 3.8) is 0 Å². The molecule has 120 valence electrons. The third-order valence-corrected chi connectivity index (χ3v) is 3.73. The Hall–Kier alpha value is -2.85. The van der Waals surface area contributed by atoms with Gasteiger partial charge in [-0.1, -0.05) is 18.2 Å². The lowest BCUT2D eigenvalue weighted by Gasteiger charge is -2.06. The first kappa shape index (κ1) is 16.5. The summed E-state index contributed by atoms with van der Waals surface area (Å²) in [4.78, 5) is 9.47. The van der Waals surface area contributed by atoms with E-state index in [-0.39, 0.29) is 11.3 Å². The molecule has 23 heavy (non-hydrogen) atoms. The molecule has 0 atom stereocenters. The molecule has 3 N–H and O–H groups in total. The van der Waals surface area contributed by atoms with E-state index < -0.39 is 31.3 Å². The number of nitrogens with one attached hydrogen (secondary N) is 1. The number of nitro groups is 1. The van der Waals surface area contributed by atoms with E-state index in [1.165, 1.54) is 18.2 Å². The van der Waals surface area contributed by atoms with Gasteiger partial charge in [0.25, 0.3) is 5.69 Å². The number of anilines is 1. The molecule has 2 rings (SSSR count). The molecule has 2 aromatic rings. The Bertz CT molecular complexity index is 883. The van der Waals surface area contributed by atoms with Gasteiger partial charge in [-0.2, -0.15) is 5.10 Å². The molecule has 10 heteroatoms. The van der Waals surface area contributed by atoms with Crippen molar-refractivity contribution in [1.82, 2.24) is 0 Å². The average Bonchev–Trinajstić information content (AvgIpc) is 2.48. The lowest BCUT2D eigenvalue weighted by atomic mass is 10.2. The van der Waals surface area contributed by atoms with Crippen LogP contribution in [0.1, 0.15) is 5.56 Å². The molecule has 0 amide bonds. The van der Waals surface area contributed by atoms with Crippen molar-refractivity contribution in [2.45, 2.75) is 4.90 Å². The van der Waals surface area contributed by atoms with Crippen molar-refractivity contribution in [2.24, 2.45) is 10.2 Å². The van der Waals surface area contributed by atoms with E-state index in [2.05, 4.69) is 10.5 Å². The normalized spacial score (nSPS) is 11.6. The number of hydrogen-bond acceptors (Lipinski definition) is 6. The zero-order valence-corrected chi connectivity index (χ0v) is 12.3. The molecule has 0 aromatic heterocycles. The van der Waals surface area contributed by atoms with E-state index in [1.807, 2.05) is 0 Å². The SMILES string of the molecule is NS(=O)(=O)c1cc([N+](=O)[O-])ccc1N/N=C\c1ccccc1F. The summed E-state index contributed by atoms with van der Waals surface area (Å²) in [7, 11) is -4.21. The highest BCUT2D eigenvalue weighted by Crippen LogP contribution is 2.25. The third-order valence-electron chi connectivity index (χ3n) is 2.78. The molecule has 0 spiro atoms. The highest BCUT2D eigenvalue weighted by atomic mass is 32.2. The van der Waals surface area contributed by atoms with Crippen molar-refractivity contribution in [3.05, 3.63) is 64.0 Å². The van der Waals surface area contributed by atoms with Gasteiger partial charge in [-0.15, -0.1) is 0 Å². The first-order valence-corrected chi connectivity index (χ1v) is 7.68. The number of benzene rings is 2. The summed E-state index contributed by atoms with van der Waals surface area (Å²) in [6.45, 7) is 0. The van der Waals surface area contributed by atoms with Gasteiger partial charge in [-0.05, 0) is 12.1 Å². The van der Waals surface area contributed by atoms with Crippen LogP contribution in [0, 0.1) is 15.9 Å². The second-order valence-corrected chi connectivity index (χ2v) is 5.90. The number of nitro benzene ring substituents is 1. The quantitative estimate of drug-likeness (QED) is 0.488. The number of primary sulfonamides is 1. The smallest absolute Gasteiger partial charge is 0.270 e. The van der Waals surface area contributed by atoms with Crippen molar-refractivity contribution < 1.29 is 17.7 Å². The van der Waals surface area contributed by atoms with Crippen LogP contribution in [0.25, 0.3) is 0 Å². The summed E-state index contributed by atoms with van der Waals surface area (Å²) in [6.07, 6.45) is 1.14. The van der Waals surface area contributed by atoms with Crippen LogP contribution in [-0.4, -0.2) is 19.6 Å². The Labute approximate surface area is 130 Å². The number of non-ortho nitro benzene ring substituents is 1. The van der Waals surface area contributed by atoms with Crippen LogP contribution in [0.5, 0.6) is 0 Å². The standard InChI is InChI=1S/C13H11FN4O4S/c14-11-4-2-1-3-9(11)8-16-17-12-6-5-10(18(19)20)7-13(12)23(15,21)22/h1-8,17H,(H2,15,21,22)/b16-8-. The van der Waals surface area contributed by atoms with Crippen molar-refractivity contribution in [2.75, 3.05) is 5.43 Å². The van der Waals surface area contributed by atoms with Crippen LogP contribution >= 0.6 is 0 Å². The van der Waals surface area contributed by atoms with Gasteiger partial charge < -0.3 is 0 Å². The fourth-order valence-corrected chi connectivity index (χ4v) is 2.41. The monoisotopic (exact) mass is 338 g/mol. The van der Waals surface area contributed by atoms with Gasteiger partial charge >= 0.3 is 0 Å². The molecule has 0 aliphatic rings. The van der Waals surface area contributed by atoms with Crippen LogP contribution < -0.4 is 10.6 Å². The number of hydrogen-bond donors (Lipinski definition) is 2. The molecule has 2 aromatic carbocycles. The van der Waals surface area contributed by atoms with Crippen LogP contribution in [0.3, 0.4) is 0 Å². The highest BCUT2D eigenvalue weighted by molar-refractivity contribution is 7.89. The summed E-state index contributed by atoms with van der Waals surface area (Å²) in [5.74, 6) is -0.506. The summed E-state index contributed by atoms with van der Waals surface area (Å²) in [6, 6.07) is 8.88. The minimum absolute atomic E-state index is 0.0642. The minimum atomic E-state index is -4.21. The maximum atomic E-state index is 13.4. The summed E-state index contributed by atoms with van der Waals surface area (Å²) >= 11 is 0. The van der Waals surface area contributed by atoms with Crippen molar-refractivity contribution in [1.29, 1.82) is 0 Å². The maximum absolute atomic E-state index is 13.4. The van der Waals surface area contributed by atoms with Gasteiger partial charge in [0.15, 0.2) is 0 Å². The molecule has 0 aliphatic heterocycles. The number of sulfonamides is 1. The summed E-state index contributed by atoms with van der Waals surface area (Å²) < 4.78 is 36.5. The fraction of sp³-hybridized carbons (Fsp3) is 0. The minimum Gasteiger partial charge on any atom is -0.277 e. The Kier molecular flexibility index (Phi) is 4.67. The van der Waals surface area contributed by atoms with Gasteiger partial charge in [0, 0.05) is 17.7 Å². The number of rotatable bonds is 5. The summed E-state index contributed by atoms with van der Waals surface area (Å²) in [5.41, 5.74) is 2.07. The number of hydrazone groups is 1. The molecule has 0 heterocycles. The molecule has 0 radical (unpaired) electrons. The van der Waals surface area contributed by atoms with Gasteiger partial charge in [0.1, 0.15) is 10.7 Å². The predicted octanol–water partition coefficient (Wildman–Crippen LogP) is 1.83. The third kappa shape index (κ3) is 4.08. The van der Waals surface area contributed by atoms with Crippen molar-refractivity contribution in [3.8, 4) is 0 Å². The van der Waals surface area contributed by atoms with E-state index in [4.69, 9.17) is 5.14 Å². The first-order valence-electron chi connectivity index (χ1n) is 6.14. The van der Waals surface area contributed by atoms with E-state index in [0.717, 1.165) is 24.4 Å². The first-order chi connectivity index (χ1) is 10.8. The molecule has 8 nitrogen and oxygen atoms in total. The van der Waals surface area contributed by atoms with E-state index in [0.29, 0.717) is 0 Å². The van der Waals surface area contributed by atoms with Gasteiger partial charge in [-0.3, -0.25) is 15.5 Å². The van der Waals surface area contributed by atoms with Crippen LogP contribution in [0.4, 0.5) is 15.8 Å². The molecular weight excluding hydrogens is 327 g/mol. The van der Waals surface area contributed by atoms with Crippen molar-refractivity contribution >= 4 is 27.6 Å². The van der Waals surface area contributed by atoms with Crippen LogP contribution in [0.2, 0.25) is 0 Å². The Morgan fingerprint density at radius 2 is 1.96 bits per heavy atom. The molecule has 0 aliphatic carbocycles. The molecule has 0 fully saturated rings. The molecule has 0 unspecified atom stereocenters. The second kappa shape index (κ2) is 6.50. The lowest BCUT2D eigenvalue weighted by Crippen LogP contribution is -2.14. The van der Waals surface area contributed by atoms with Gasteiger partial charge in [0.05, 0.1) is 16.8 Å². The molecule has 0 saturated carbocycles. The van der Waals surface area contributed by atoms with E-state index >= 15 is 0 Å². The number of nitrogens with two attached hydrogens (primary N) is 1. The molecule has 0 bridgehead atoms. The fourth-order valence-electron chi connectivity index (χ4n) is 1.70. The zero-order valence-electron chi connectivity index (χ0n) is 11.5. The Balaban J connectivity index is 2.33. The van der Waals surface area contributed by atoms with Crippen LogP contribution in [-0.2, 0) is 10.0 Å². The Morgan fingerprint density at radius 1 is 1.26 bits per heavy atom. The van der Waals surface area contributed by atoms with Gasteiger partial charge in [0.2, 0.25) is 10.0 Å². The highest BCUT2D eigenvalue weighted by Gasteiger charge is 2.18. The van der Waals surface area contributed by atoms with Gasteiger partial charge in [-0.25, -0.2) is 17.9 Å². The van der Waals surface area contributed by atoms with E-state index in [1.54, 1.807) is 6.07 Å². The van der Waals surface area contributed by atoms with E-state index in [9.17, 15) is 22.9 Å². The largest absolute Gasteiger partial charge is 0.277 e. The topological polar surface area (TPSA) is 128 Å². The molecule has 0 saturated heterocycles. The Morgan fingerprint density at radius 3 is 2.57 bits per heavy atom. The summed E-state index contributed by atoms with van der Waals surface area (Å²) in [5, 5.41) is 19.5. The number of nitrogens with zero attached hydrogens (tertiary/aromatic N) is 2. The zero-order chi connectivity index (χ0) is 17.0.